The van der Waals surface area contributed by atoms with Crippen LogP contribution in [0, 0.1) is 29.9 Å². The number of rotatable bonds is 5. The number of aryl methyl sites for hydroxylation is 1. The number of phenolic OH excluding ortho intramolecular Hbond substituents is 1. The summed E-state index contributed by atoms with van der Waals surface area (Å²) in [6.07, 6.45) is 0. The number of hydrogen-bond donors (Lipinski definition) is 2. The summed E-state index contributed by atoms with van der Waals surface area (Å²) in [5.74, 6) is -1.04. The molecular weight excluding hydrogens is 380 g/mol. The van der Waals surface area contributed by atoms with Gasteiger partial charge in [0.15, 0.2) is 0 Å². The van der Waals surface area contributed by atoms with E-state index >= 15 is 0 Å². The summed E-state index contributed by atoms with van der Waals surface area (Å²) < 4.78 is 2.61. The summed E-state index contributed by atoms with van der Waals surface area (Å²) in [5, 5.41) is 27.4. The van der Waals surface area contributed by atoms with Crippen molar-refractivity contribution >= 4 is 33.2 Å². The molecule has 0 spiro atoms. The Kier molecular flexibility index (Phi) is 5.23. The van der Waals surface area contributed by atoms with Crippen LogP contribution in [0.4, 0.5) is 11.4 Å². The van der Waals surface area contributed by atoms with Crippen LogP contribution >= 0.6 is 15.9 Å². The van der Waals surface area contributed by atoms with Gasteiger partial charge in [0.1, 0.15) is 5.75 Å². The highest BCUT2D eigenvalue weighted by Gasteiger charge is 2.19. The Bertz CT molecular complexity index is 803. The second kappa shape index (κ2) is 7.00. The van der Waals surface area contributed by atoms with Crippen molar-refractivity contribution in [1.29, 1.82) is 0 Å². The number of anilines is 1. The number of halogens is 1. The van der Waals surface area contributed by atoms with E-state index in [2.05, 4.69) is 26.3 Å². The summed E-state index contributed by atoms with van der Waals surface area (Å²) in [6.45, 7) is 5.81. The predicted octanol–water partition coefficient (Wildman–Crippen LogP) is 3.15. The molecular formula is C15H17BrN4O4. The number of non-ortho nitro benzene ring substituents is 1. The van der Waals surface area contributed by atoms with Crippen molar-refractivity contribution in [3.63, 3.8) is 0 Å². The molecule has 1 atom stereocenters. The minimum atomic E-state index is -0.591. The Morgan fingerprint density at radius 2 is 2.17 bits per heavy atom. The van der Waals surface area contributed by atoms with Gasteiger partial charge in [0.2, 0.25) is 5.91 Å². The number of nitrogens with zero attached hydrogens (tertiary/aromatic N) is 3. The molecule has 2 rings (SSSR count). The maximum absolute atomic E-state index is 12.3. The van der Waals surface area contributed by atoms with E-state index in [0.717, 1.165) is 21.9 Å². The minimum Gasteiger partial charge on any atom is -0.506 e. The normalized spacial score (nSPS) is 12.0. The third kappa shape index (κ3) is 3.73. The van der Waals surface area contributed by atoms with Gasteiger partial charge in [0, 0.05) is 17.8 Å². The van der Waals surface area contributed by atoms with E-state index in [9.17, 15) is 20.0 Å². The second-order valence-corrected chi connectivity index (χ2v) is 6.31. The number of aromatic nitrogens is 2. The van der Waals surface area contributed by atoms with Gasteiger partial charge in [-0.3, -0.25) is 19.6 Å². The zero-order valence-electron chi connectivity index (χ0n) is 13.4. The first-order valence-corrected chi connectivity index (χ1v) is 7.97. The van der Waals surface area contributed by atoms with Crippen LogP contribution in [0.25, 0.3) is 0 Å². The fourth-order valence-electron chi connectivity index (χ4n) is 2.19. The van der Waals surface area contributed by atoms with Crippen LogP contribution in [0.5, 0.6) is 5.75 Å². The van der Waals surface area contributed by atoms with E-state index in [-0.39, 0.29) is 23.0 Å². The Hall–Kier alpha value is -2.42. The van der Waals surface area contributed by atoms with Crippen molar-refractivity contribution in [2.45, 2.75) is 27.3 Å². The zero-order valence-corrected chi connectivity index (χ0v) is 15.0. The number of nitrogens with one attached hydrogen (secondary N) is 1. The molecule has 0 saturated carbocycles. The molecule has 9 heteroatoms. The van der Waals surface area contributed by atoms with Crippen LogP contribution in [-0.2, 0) is 11.3 Å². The highest BCUT2D eigenvalue weighted by atomic mass is 79.9. The average molecular weight is 397 g/mol. The SMILES string of the molecule is Cc1nn(CC(C)C(=O)Nc2cc([N+](=O)[O-])ccc2O)c(C)c1Br. The summed E-state index contributed by atoms with van der Waals surface area (Å²) in [7, 11) is 0. The molecule has 1 aromatic carbocycles. The molecule has 0 aliphatic rings. The molecule has 0 radical (unpaired) electrons. The number of phenols is 1. The number of nitro groups is 1. The Balaban J connectivity index is 2.13. The standard InChI is InChI=1S/C15H17BrN4O4/c1-8(7-19-10(3)14(16)9(2)18-19)15(22)17-12-6-11(20(23)24)4-5-13(12)21/h4-6,8,21H,7H2,1-3H3,(H,17,22). The first-order chi connectivity index (χ1) is 11.2. The van der Waals surface area contributed by atoms with Crippen molar-refractivity contribution in [2.75, 3.05) is 5.32 Å². The van der Waals surface area contributed by atoms with Gasteiger partial charge in [-0.05, 0) is 35.8 Å². The third-order valence-corrected chi connectivity index (χ3v) is 4.78. The topological polar surface area (TPSA) is 110 Å². The molecule has 2 aromatic rings. The first kappa shape index (κ1) is 17.9. The van der Waals surface area contributed by atoms with Crippen molar-refractivity contribution in [2.24, 2.45) is 5.92 Å². The fraction of sp³-hybridized carbons (Fsp3) is 0.333. The highest BCUT2D eigenvalue weighted by molar-refractivity contribution is 9.10. The zero-order chi connectivity index (χ0) is 18.0. The van der Waals surface area contributed by atoms with Gasteiger partial charge in [-0.1, -0.05) is 6.92 Å². The van der Waals surface area contributed by atoms with Crippen molar-refractivity contribution < 1.29 is 14.8 Å². The predicted molar refractivity (Wildman–Crippen MR) is 92.0 cm³/mol. The highest BCUT2D eigenvalue weighted by Crippen LogP contribution is 2.28. The van der Waals surface area contributed by atoms with E-state index in [1.807, 2.05) is 13.8 Å². The number of amides is 1. The van der Waals surface area contributed by atoms with Crippen LogP contribution in [0.1, 0.15) is 18.3 Å². The van der Waals surface area contributed by atoms with E-state index in [1.54, 1.807) is 11.6 Å². The smallest absolute Gasteiger partial charge is 0.271 e. The van der Waals surface area contributed by atoms with E-state index in [0.29, 0.717) is 6.54 Å². The van der Waals surface area contributed by atoms with E-state index < -0.39 is 10.8 Å². The van der Waals surface area contributed by atoms with Crippen molar-refractivity contribution in [3.05, 3.63) is 44.2 Å². The summed E-state index contributed by atoms with van der Waals surface area (Å²) in [4.78, 5) is 22.5. The summed E-state index contributed by atoms with van der Waals surface area (Å²) in [5.41, 5.74) is 1.54. The van der Waals surface area contributed by atoms with Crippen LogP contribution in [0.3, 0.4) is 0 Å². The van der Waals surface area contributed by atoms with Gasteiger partial charge in [0.05, 0.1) is 33.2 Å². The number of nitro benzene ring substituents is 1. The lowest BCUT2D eigenvalue weighted by molar-refractivity contribution is -0.384. The largest absolute Gasteiger partial charge is 0.506 e. The molecule has 8 nitrogen and oxygen atoms in total. The number of hydrogen-bond acceptors (Lipinski definition) is 5. The van der Waals surface area contributed by atoms with Gasteiger partial charge in [-0.15, -0.1) is 0 Å². The number of benzene rings is 1. The van der Waals surface area contributed by atoms with Crippen LogP contribution in [-0.4, -0.2) is 25.7 Å². The lowest BCUT2D eigenvalue weighted by Gasteiger charge is -2.14. The molecule has 2 N–H and O–H groups in total. The Morgan fingerprint density at radius 3 is 2.71 bits per heavy atom. The monoisotopic (exact) mass is 396 g/mol. The summed E-state index contributed by atoms with van der Waals surface area (Å²) in [6, 6.07) is 3.47. The van der Waals surface area contributed by atoms with Crippen LogP contribution in [0.2, 0.25) is 0 Å². The number of carbonyl (C=O) groups excluding carboxylic acids is 1. The van der Waals surface area contributed by atoms with Gasteiger partial charge < -0.3 is 10.4 Å². The van der Waals surface area contributed by atoms with Crippen LogP contribution < -0.4 is 5.32 Å². The first-order valence-electron chi connectivity index (χ1n) is 7.18. The van der Waals surface area contributed by atoms with E-state index in [1.165, 1.54) is 12.1 Å². The summed E-state index contributed by atoms with van der Waals surface area (Å²) >= 11 is 3.43. The maximum Gasteiger partial charge on any atom is 0.271 e. The van der Waals surface area contributed by atoms with Gasteiger partial charge in [0.25, 0.3) is 5.69 Å². The Labute approximate surface area is 146 Å². The van der Waals surface area contributed by atoms with Crippen molar-refractivity contribution in [1.82, 2.24) is 9.78 Å². The number of aromatic hydroxyl groups is 1. The van der Waals surface area contributed by atoms with Gasteiger partial charge in [-0.2, -0.15) is 5.10 Å². The van der Waals surface area contributed by atoms with Crippen molar-refractivity contribution in [3.8, 4) is 5.75 Å². The molecule has 1 unspecified atom stereocenters. The molecule has 1 amide bonds. The lowest BCUT2D eigenvalue weighted by atomic mass is 10.1. The fourth-order valence-corrected chi connectivity index (χ4v) is 2.47. The molecule has 0 fully saturated rings. The van der Waals surface area contributed by atoms with Gasteiger partial charge in [-0.25, -0.2) is 0 Å². The lowest BCUT2D eigenvalue weighted by Crippen LogP contribution is -2.25. The molecule has 0 aliphatic heterocycles. The molecule has 0 aliphatic carbocycles. The van der Waals surface area contributed by atoms with E-state index in [4.69, 9.17) is 0 Å². The Morgan fingerprint density at radius 1 is 1.50 bits per heavy atom. The maximum atomic E-state index is 12.3. The average Bonchev–Trinajstić information content (AvgIpc) is 2.76. The molecule has 128 valence electrons. The number of carbonyl (C=O) groups is 1. The minimum absolute atomic E-state index is 0.00981. The molecule has 1 heterocycles. The molecule has 0 bridgehead atoms. The van der Waals surface area contributed by atoms with Crippen LogP contribution in [0.15, 0.2) is 22.7 Å². The third-order valence-electron chi connectivity index (χ3n) is 3.64. The molecule has 24 heavy (non-hydrogen) atoms. The molecule has 1 aromatic heterocycles. The second-order valence-electron chi connectivity index (χ2n) is 5.52. The van der Waals surface area contributed by atoms with Gasteiger partial charge >= 0.3 is 0 Å². The quantitative estimate of drug-likeness (QED) is 0.458. The molecule has 0 saturated heterocycles.